The highest BCUT2D eigenvalue weighted by Gasteiger charge is 2.20. The van der Waals surface area contributed by atoms with Gasteiger partial charge >= 0.3 is 0 Å². The number of carbonyl (C=O) groups is 1. The Labute approximate surface area is 219 Å². The summed E-state index contributed by atoms with van der Waals surface area (Å²) in [5, 5.41) is 9.62. The summed E-state index contributed by atoms with van der Waals surface area (Å²) in [5.41, 5.74) is 5.09. The van der Waals surface area contributed by atoms with Gasteiger partial charge in [0.25, 0.3) is 5.56 Å². The summed E-state index contributed by atoms with van der Waals surface area (Å²) in [6.07, 6.45) is 1.00. The number of aromatic nitrogens is 4. The maximum atomic E-state index is 13.7. The van der Waals surface area contributed by atoms with Gasteiger partial charge in [0.1, 0.15) is 5.69 Å². The maximum Gasteiger partial charge on any atom is 0.268 e. The molecule has 1 N–H and O–H groups in total. The fourth-order valence-electron chi connectivity index (χ4n) is 4.75. The third-order valence-electron chi connectivity index (χ3n) is 6.73. The molecule has 1 amide bonds. The van der Waals surface area contributed by atoms with E-state index in [2.05, 4.69) is 15.2 Å². The van der Waals surface area contributed by atoms with Gasteiger partial charge in [-0.15, -0.1) is 11.3 Å². The van der Waals surface area contributed by atoms with Crippen molar-refractivity contribution in [2.24, 2.45) is 0 Å². The van der Waals surface area contributed by atoms with Crippen molar-refractivity contribution in [3.05, 3.63) is 68.7 Å². The molecule has 1 aliphatic heterocycles. The van der Waals surface area contributed by atoms with Gasteiger partial charge in [-0.25, -0.2) is 9.67 Å². The van der Waals surface area contributed by atoms with Crippen LogP contribution in [-0.4, -0.2) is 69.4 Å². The maximum absolute atomic E-state index is 13.7. The fourth-order valence-corrected chi connectivity index (χ4v) is 5.67. The molecule has 0 bridgehead atoms. The first-order valence-corrected chi connectivity index (χ1v) is 13.5. The van der Waals surface area contributed by atoms with Gasteiger partial charge in [-0.05, 0) is 51.4 Å². The minimum Gasteiger partial charge on any atom is -0.379 e. The number of nitrogens with one attached hydrogen (secondary N) is 1. The summed E-state index contributed by atoms with van der Waals surface area (Å²) in [4.78, 5) is 34.0. The molecule has 1 aromatic carbocycles. The Balaban J connectivity index is 1.35. The zero-order chi connectivity index (χ0) is 25.9. The number of amides is 1. The van der Waals surface area contributed by atoms with Gasteiger partial charge in [-0.1, -0.05) is 18.2 Å². The molecule has 5 rings (SSSR count). The number of nitrogens with zero attached hydrogens (tertiary/aromatic N) is 5. The van der Waals surface area contributed by atoms with Crippen LogP contribution in [0, 0.1) is 20.8 Å². The Bertz CT molecular complexity index is 1480. The van der Waals surface area contributed by atoms with Crippen LogP contribution in [-0.2, 0) is 16.0 Å². The summed E-state index contributed by atoms with van der Waals surface area (Å²) in [5.74, 6) is -0.102. The molecule has 0 spiro atoms. The van der Waals surface area contributed by atoms with Crippen molar-refractivity contribution >= 4 is 22.2 Å². The van der Waals surface area contributed by atoms with Gasteiger partial charge in [-0.2, -0.15) is 5.10 Å². The molecule has 0 radical (unpaired) electrons. The van der Waals surface area contributed by atoms with Crippen LogP contribution < -0.4 is 10.9 Å². The van der Waals surface area contributed by atoms with Crippen molar-refractivity contribution in [2.45, 2.75) is 33.6 Å². The van der Waals surface area contributed by atoms with Crippen LogP contribution in [0.1, 0.15) is 29.1 Å². The van der Waals surface area contributed by atoms with E-state index in [0.29, 0.717) is 34.2 Å². The summed E-state index contributed by atoms with van der Waals surface area (Å²) in [7, 11) is 0. The second-order valence-electron chi connectivity index (χ2n) is 9.43. The van der Waals surface area contributed by atoms with Crippen LogP contribution in [0.15, 0.2) is 40.5 Å². The Morgan fingerprint density at radius 1 is 1.16 bits per heavy atom. The van der Waals surface area contributed by atoms with Gasteiger partial charge in [0, 0.05) is 36.4 Å². The number of rotatable bonds is 8. The lowest BCUT2D eigenvalue weighted by molar-refractivity contribution is -0.120. The molecule has 0 atom stereocenters. The number of aryl methyl sites for hydroxylation is 3. The molecule has 10 heteroatoms. The topological polar surface area (TPSA) is 93.8 Å². The van der Waals surface area contributed by atoms with Crippen molar-refractivity contribution in [1.29, 1.82) is 0 Å². The number of benzene rings is 1. The Morgan fingerprint density at radius 2 is 1.95 bits per heavy atom. The Kier molecular flexibility index (Phi) is 7.50. The standard InChI is InChI=1S/C27H32N6O3S/c1-18-7-4-5-8-23(18)33-19(2)15-22(30-33)25-20(3)29-27-32(26(25)35)21(17-37-27)16-24(34)28-9-6-10-31-11-13-36-14-12-31/h4-5,7-8,15,17H,6,9-14,16H2,1-3H3,(H,28,34). The molecule has 194 valence electrons. The second-order valence-corrected chi connectivity index (χ2v) is 10.3. The number of fused-ring (bicyclic) bond motifs is 1. The number of para-hydroxylation sites is 1. The predicted octanol–water partition coefficient (Wildman–Crippen LogP) is 2.91. The van der Waals surface area contributed by atoms with Crippen LogP contribution in [0.25, 0.3) is 21.9 Å². The van der Waals surface area contributed by atoms with Crippen LogP contribution in [0.4, 0.5) is 0 Å². The molecule has 37 heavy (non-hydrogen) atoms. The molecule has 1 saturated heterocycles. The molecule has 1 fully saturated rings. The van der Waals surface area contributed by atoms with Crippen molar-refractivity contribution in [3.8, 4) is 16.9 Å². The molecule has 9 nitrogen and oxygen atoms in total. The molecule has 0 unspecified atom stereocenters. The first kappa shape index (κ1) is 25.3. The van der Waals surface area contributed by atoms with Crippen molar-refractivity contribution in [1.82, 2.24) is 29.4 Å². The lowest BCUT2D eigenvalue weighted by Gasteiger charge is -2.26. The fraction of sp³-hybridized carbons (Fsp3) is 0.407. The third kappa shape index (κ3) is 5.36. The Hall–Kier alpha value is -3.34. The van der Waals surface area contributed by atoms with E-state index >= 15 is 0 Å². The van der Waals surface area contributed by atoms with Gasteiger partial charge in [0.15, 0.2) is 4.96 Å². The number of ether oxygens (including phenoxy) is 1. The van der Waals surface area contributed by atoms with Crippen molar-refractivity contribution in [2.75, 3.05) is 39.4 Å². The van der Waals surface area contributed by atoms with E-state index in [4.69, 9.17) is 9.84 Å². The predicted molar refractivity (Wildman–Crippen MR) is 145 cm³/mol. The van der Waals surface area contributed by atoms with Gasteiger partial charge < -0.3 is 10.1 Å². The van der Waals surface area contributed by atoms with Gasteiger partial charge in [0.2, 0.25) is 5.91 Å². The number of carbonyl (C=O) groups excluding carboxylic acids is 1. The average Bonchev–Trinajstić information content (AvgIpc) is 3.46. The van der Waals surface area contributed by atoms with E-state index in [9.17, 15) is 9.59 Å². The number of hydrogen-bond acceptors (Lipinski definition) is 7. The molecular formula is C27H32N6O3S. The highest BCUT2D eigenvalue weighted by molar-refractivity contribution is 7.15. The van der Waals surface area contributed by atoms with Crippen LogP contribution in [0.2, 0.25) is 0 Å². The van der Waals surface area contributed by atoms with Crippen LogP contribution >= 0.6 is 11.3 Å². The van der Waals surface area contributed by atoms with E-state index < -0.39 is 0 Å². The summed E-state index contributed by atoms with van der Waals surface area (Å²) in [6, 6.07) is 9.93. The smallest absolute Gasteiger partial charge is 0.268 e. The SMILES string of the molecule is Cc1ccccc1-n1nc(-c2c(C)nc3scc(CC(=O)NCCCN4CCOCC4)n3c2=O)cc1C. The zero-order valence-electron chi connectivity index (χ0n) is 21.5. The van der Waals surface area contributed by atoms with E-state index in [1.807, 2.05) is 61.2 Å². The van der Waals surface area contributed by atoms with Crippen molar-refractivity contribution < 1.29 is 9.53 Å². The third-order valence-corrected chi connectivity index (χ3v) is 7.60. The monoisotopic (exact) mass is 520 g/mol. The summed E-state index contributed by atoms with van der Waals surface area (Å²) >= 11 is 1.37. The first-order chi connectivity index (χ1) is 17.9. The highest BCUT2D eigenvalue weighted by atomic mass is 32.1. The van der Waals surface area contributed by atoms with Crippen molar-refractivity contribution in [3.63, 3.8) is 0 Å². The largest absolute Gasteiger partial charge is 0.379 e. The average molecular weight is 521 g/mol. The quantitative estimate of drug-likeness (QED) is 0.359. The first-order valence-electron chi connectivity index (χ1n) is 12.6. The Morgan fingerprint density at radius 3 is 2.73 bits per heavy atom. The van der Waals surface area contributed by atoms with E-state index in [0.717, 1.165) is 56.2 Å². The minimum atomic E-state index is -0.201. The second kappa shape index (κ2) is 11.0. The number of thiazole rings is 1. The molecule has 3 aromatic heterocycles. The lowest BCUT2D eigenvalue weighted by Crippen LogP contribution is -2.38. The van der Waals surface area contributed by atoms with Crippen LogP contribution in [0.5, 0.6) is 0 Å². The molecule has 4 aromatic rings. The molecule has 0 saturated carbocycles. The number of hydrogen-bond donors (Lipinski definition) is 1. The van der Waals surface area contributed by atoms with E-state index in [-0.39, 0.29) is 17.9 Å². The molecular weight excluding hydrogens is 488 g/mol. The number of morpholine rings is 1. The summed E-state index contributed by atoms with van der Waals surface area (Å²) < 4.78 is 8.79. The highest BCUT2D eigenvalue weighted by Crippen LogP contribution is 2.24. The van der Waals surface area contributed by atoms with E-state index in [1.165, 1.54) is 11.3 Å². The lowest BCUT2D eigenvalue weighted by atomic mass is 10.1. The molecule has 1 aliphatic rings. The van der Waals surface area contributed by atoms with Crippen LogP contribution in [0.3, 0.4) is 0 Å². The zero-order valence-corrected chi connectivity index (χ0v) is 22.3. The molecule has 0 aliphatic carbocycles. The minimum absolute atomic E-state index is 0.102. The normalized spacial score (nSPS) is 14.4. The van der Waals surface area contributed by atoms with Gasteiger partial charge in [-0.3, -0.25) is 18.9 Å². The molecule has 4 heterocycles. The van der Waals surface area contributed by atoms with E-state index in [1.54, 1.807) is 4.40 Å². The summed E-state index contributed by atoms with van der Waals surface area (Å²) in [6.45, 7) is 10.8. The van der Waals surface area contributed by atoms with Gasteiger partial charge in [0.05, 0.1) is 36.6 Å².